The molecule has 0 saturated carbocycles. The highest BCUT2D eigenvalue weighted by atomic mass is 19.1. The number of benzene rings is 2. The van der Waals surface area contributed by atoms with Crippen LogP contribution in [0.4, 0.5) is 15.8 Å². The third kappa shape index (κ3) is 2.69. The molecule has 0 unspecified atom stereocenters. The summed E-state index contributed by atoms with van der Waals surface area (Å²) in [5, 5.41) is 0. The zero-order chi connectivity index (χ0) is 14.8. The molecule has 0 saturated heterocycles. The Morgan fingerprint density at radius 2 is 1.19 bits per heavy atom. The lowest BCUT2D eigenvalue weighted by Gasteiger charge is -2.06. The van der Waals surface area contributed by atoms with E-state index >= 15 is 0 Å². The lowest BCUT2D eigenvalue weighted by molar-refractivity contribution is 0.589. The fourth-order valence-corrected chi connectivity index (χ4v) is 2.13. The average molecular weight is 279 g/mol. The molecule has 1 heterocycles. The smallest absolute Gasteiger partial charge is 0.221 e. The van der Waals surface area contributed by atoms with Crippen LogP contribution in [0.3, 0.4) is 0 Å². The molecule has 4 N–H and O–H groups in total. The minimum absolute atomic E-state index is 0.453. The van der Waals surface area contributed by atoms with Crippen molar-refractivity contribution in [3.8, 4) is 22.4 Å². The van der Waals surface area contributed by atoms with Gasteiger partial charge >= 0.3 is 0 Å². The Labute approximate surface area is 122 Å². The Balaban J connectivity index is 1.99. The van der Waals surface area contributed by atoms with Gasteiger partial charge in [0.15, 0.2) is 0 Å². The van der Waals surface area contributed by atoms with Gasteiger partial charge in [0, 0.05) is 22.5 Å². The number of nitrogen functional groups attached to an aromatic ring is 2. The third-order valence-corrected chi connectivity index (χ3v) is 3.28. The zero-order valence-electron chi connectivity index (χ0n) is 11.3. The van der Waals surface area contributed by atoms with Gasteiger partial charge in [-0.05, 0) is 42.0 Å². The van der Waals surface area contributed by atoms with Crippen LogP contribution in [0.25, 0.3) is 22.4 Å². The van der Waals surface area contributed by atoms with Gasteiger partial charge in [-0.25, -0.2) is 4.98 Å². The monoisotopic (exact) mass is 279 g/mol. The molecular formula is C17H14FN3. The third-order valence-electron chi connectivity index (χ3n) is 3.28. The predicted molar refractivity (Wildman–Crippen MR) is 83.9 cm³/mol. The minimum atomic E-state index is -0.505. The molecule has 0 fully saturated rings. The molecule has 3 nitrogen and oxygen atoms in total. The van der Waals surface area contributed by atoms with E-state index in [0.29, 0.717) is 22.6 Å². The van der Waals surface area contributed by atoms with E-state index in [-0.39, 0.29) is 0 Å². The van der Waals surface area contributed by atoms with Crippen LogP contribution in [0, 0.1) is 5.95 Å². The van der Waals surface area contributed by atoms with Crippen LogP contribution >= 0.6 is 0 Å². The molecule has 0 amide bonds. The van der Waals surface area contributed by atoms with Gasteiger partial charge in [0.25, 0.3) is 0 Å². The molecule has 0 aliphatic heterocycles. The van der Waals surface area contributed by atoms with Crippen molar-refractivity contribution in [1.82, 2.24) is 4.98 Å². The normalized spacial score (nSPS) is 10.5. The highest BCUT2D eigenvalue weighted by molar-refractivity contribution is 5.69. The molecule has 2 aromatic carbocycles. The number of hydrogen-bond donors (Lipinski definition) is 2. The fourth-order valence-electron chi connectivity index (χ4n) is 2.13. The van der Waals surface area contributed by atoms with Crippen molar-refractivity contribution in [2.24, 2.45) is 0 Å². The molecule has 0 aliphatic carbocycles. The maximum atomic E-state index is 14.2. The SMILES string of the molecule is Nc1ccc(-c2ccc(-c3ccc(N)cc3)c(F)n2)cc1. The van der Waals surface area contributed by atoms with E-state index in [9.17, 15) is 4.39 Å². The Kier molecular flexibility index (Phi) is 3.28. The zero-order valence-corrected chi connectivity index (χ0v) is 11.3. The number of rotatable bonds is 2. The maximum Gasteiger partial charge on any atom is 0.221 e. The van der Waals surface area contributed by atoms with Gasteiger partial charge in [-0.2, -0.15) is 4.39 Å². The van der Waals surface area contributed by atoms with E-state index in [2.05, 4.69) is 4.98 Å². The Hall–Kier alpha value is -2.88. The van der Waals surface area contributed by atoms with E-state index in [1.54, 1.807) is 48.5 Å². The first-order valence-corrected chi connectivity index (χ1v) is 6.52. The van der Waals surface area contributed by atoms with E-state index in [1.807, 2.05) is 12.1 Å². The average Bonchev–Trinajstić information content (AvgIpc) is 2.49. The number of aromatic nitrogens is 1. The van der Waals surface area contributed by atoms with Gasteiger partial charge in [0.2, 0.25) is 5.95 Å². The predicted octanol–water partition coefficient (Wildman–Crippen LogP) is 3.72. The Bertz CT molecular complexity index is 765. The topological polar surface area (TPSA) is 64.9 Å². The first-order valence-electron chi connectivity index (χ1n) is 6.52. The molecule has 0 aliphatic rings. The van der Waals surface area contributed by atoms with Crippen molar-refractivity contribution in [1.29, 1.82) is 0 Å². The highest BCUT2D eigenvalue weighted by Crippen LogP contribution is 2.26. The second-order valence-electron chi connectivity index (χ2n) is 4.78. The quantitative estimate of drug-likeness (QED) is 0.555. The molecule has 4 heteroatoms. The summed E-state index contributed by atoms with van der Waals surface area (Å²) in [4.78, 5) is 4.03. The van der Waals surface area contributed by atoms with Gasteiger partial charge in [0.05, 0.1) is 5.69 Å². The molecule has 104 valence electrons. The molecular weight excluding hydrogens is 265 g/mol. The van der Waals surface area contributed by atoms with Crippen molar-refractivity contribution in [2.75, 3.05) is 11.5 Å². The van der Waals surface area contributed by atoms with Gasteiger partial charge in [-0.3, -0.25) is 0 Å². The summed E-state index contributed by atoms with van der Waals surface area (Å²) in [6, 6.07) is 17.7. The summed E-state index contributed by atoms with van der Waals surface area (Å²) >= 11 is 0. The van der Waals surface area contributed by atoms with Crippen LogP contribution in [0.5, 0.6) is 0 Å². The molecule has 1 aromatic heterocycles. The van der Waals surface area contributed by atoms with Crippen molar-refractivity contribution in [3.05, 3.63) is 66.6 Å². The van der Waals surface area contributed by atoms with E-state index < -0.39 is 5.95 Å². The van der Waals surface area contributed by atoms with Crippen molar-refractivity contribution < 1.29 is 4.39 Å². The standard InChI is InChI=1S/C17H14FN3/c18-17-15(11-1-5-13(19)6-2-11)9-10-16(21-17)12-3-7-14(20)8-4-12/h1-10H,19-20H2. The highest BCUT2D eigenvalue weighted by Gasteiger charge is 2.09. The second-order valence-corrected chi connectivity index (χ2v) is 4.78. The van der Waals surface area contributed by atoms with Crippen LogP contribution < -0.4 is 11.5 Å². The molecule has 0 radical (unpaired) electrons. The maximum absolute atomic E-state index is 14.2. The Morgan fingerprint density at radius 3 is 1.71 bits per heavy atom. The summed E-state index contributed by atoms with van der Waals surface area (Å²) < 4.78 is 14.2. The summed E-state index contributed by atoms with van der Waals surface area (Å²) in [5.74, 6) is -0.505. The molecule has 0 spiro atoms. The van der Waals surface area contributed by atoms with Gasteiger partial charge in [-0.15, -0.1) is 0 Å². The minimum Gasteiger partial charge on any atom is -0.399 e. The number of nitrogens with zero attached hydrogens (tertiary/aromatic N) is 1. The first kappa shape index (κ1) is 13.1. The molecule has 0 atom stereocenters. The lowest BCUT2D eigenvalue weighted by atomic mass is 10.0. The number of nitrogens with two attached hydrogens (primary N) is 2. The summed E-state index contributed by atoms with van der Waals surface area (Å²) in [7, 11) is 0. The molecule has 21 heavy (non-hydrogen) atoms. The van der Waals surface area contributed by atoms with Crippen LogP contribution in [-0.2, 0) is 0 Å². The first-order chi connectivity index (χ1) is 10.1. The lowest BCUT2D eigenvalue weighted by Crippen LogP contribution is -1.93. The van der Waals surface area contributed by atoms with E-state index in [4.69, 9.17) is 11.5 Å². The molecule has 3 aromatic rings. The van der Waals surface area contributed by atoms with Crippen molar-refractivity contribution in [3.63, 3.8) is 0 Å². The molecule has 3 rings (SSSR count). The summed E-state index contributed by atoms with van der Waals surface area (Å²) in [6.45, 7) is 0. The number of halogens is 1. The summed E-state index contributed by atoms with van der Waals surface area (Å²) in [5.41, 5.74) is 15.2. The second kappa shape index (κ2) is 5.25. The van der Waals surface area contributed by atoms with Crippen LogP contribution in [0.1, 0.15) is 0 Å². The van der Waals surface area contributed by atoms with Crippen LogP contribution in [-0.4, -0.2) is 4.98 Å². The largest absolute Gasteiger partial charge is 0.399 e. The number of anilines is 2. The van der Waals surface area contributed by atoms with Crippen molar-refractivity contribution >= 4 is 11.4 Å². The fraction of sp³-hybridized carbons (Fsp3) is 0. The van der Waals surface area contributed by atoms with Crippen LogP contribution in [0.15, 0.2) is 60.7 Å². The number of pyridine rings is 1. The van der Waals surface area contributed by atoms with Crippen LogP contribution in [0.2, 0.25) is 0 Å². The van der Waals surface area contributed by atoms with Gasteiger partial charge < -0.3 is 11.5 Å². The molecule has 0 bridgehead atoms. The van der Waals surface area contributed by atoms with E-state index in [0.717, 1.165) is 11.1 Å². The van der Waals surface area contributed by atoms with E-state index in [1.165, 1.54) is 0 Å². The van der Waals surface area contributed by atoms with Crippen molar-refractivity contribution in [2.45, 2.75) is 0 Å². The van der Waals surface area contributed by atoms with Gasteiger partial charge in [-0.1, -0.05) is 24.3 Å². The Morgan fingerprint density at radius 1 is 0.667 bits per heavy atom. The summed E-state index contributed by atoms with van der Waals surface area (Å²) in [6.07, 6.45) is 0. The number of hydrogen-bond acceptors (Lipinski definition) is 3. The van der Waals surface area contributed by atoms with Gasteiger partial charge in [0.1, 0.15) is 0 Å².